The molecule has 0 aliphatic rings. The zero-order valence-corrected chi connectivity index (χ0v) is 14.5. The van der Waals surface area contributed by atoms with E-state index in [0.717, 1.165) is 6.07 Å². The van der Waals surface area contributed by atoms with E-state index in [4.69, 9.17) is 16.3 Å². The summed E-state index contributed by atoms with van der Waals surface area (Å²) < 4.78 is 4.94. The summed E-state index contributed by atoms with van der Waals surface area (Å²) in [5.41, 5.74) is 0.0877. The molecule has 1 amide bonds. The SMILES string of the molecule is CSc1ncccc1C(=O)OCC(=O)Nc1ccc(Cl)c([N+](=O)[O-])c1. The molecular formula is C15H12ClN3O5S. The summed E-state index contributed by atoms with van der Waals surface area (Å²) in [5, 5.41) is 13.7. The lowest BCUT2D eigenvalue weighted by Crippen LogP contribution is -2.21. The highest BCUT2D eigenvalue weighted by molar-refractivity contribution is 7.98. The third kappa shape index (κ3) is 4.91. The van der Waals surface area contributed by atoms with Crippen LogP contribution in [0.4, 0.5) is 11.4 Å². The van der Waals surface area contributed by atoms with E-state index in [1.54, 1.807) is 24.6 Å². The first kappa shape index (κ1) is 18.7. The van der Waals surface area contributed by atoms with Crippen LogP contribution in [0.2, 0.25) is 5.02 Å². The fourth-order valence-electron chi connectivity index (χ4n) is 1.85. The van der Waals surface area contributed by atoms with Crippen molar-refractivity contribution in [1.82, 2.24) is 4.98 Å². The van der Waals surface area contributed by atoms with E-state index in [1.807, 2.05) is 0 Å². The molecule has 0 radical (unpaired) electrons. The van der Waals surface area contributed by atoms with Crippen LogP contribution in [0.3, 0.4) is 0 Å². The lowest BCUT2D eigenvalue weighted by Gasteiger charge is -2.08. The van der Waals surface area contributed by atoms with Gasteiger partial charge in [-0.25, -0.2) is 9.78 Å². The maximum atomic E-state index is 12.0. The zero-order chi connectivity index (χ0) is 18.4. The van der Waals surface area contributed by atoms with Crippen LogP contribution in [-0.2, 0) is 9.53 Å². The molecule has 8 nitrogen and oxygen atoms in total. The number of halogens is 1. The molecule has 0 bridgehead atoms. The van der Waals surface area contributed by atoms with Gasteiger partial charge in [0.05, 0.1) is 10.5 Å². The minimum atomic E-state index is -0.685. The Hall–Kier alpha value is -2.65. The Morgan fingerprint density at radius 2 is 2.16 bits per heavy atom. The molecule has 10 heteroatoms. The second kappa shape index (κ2) is 8.45. The normalized spacial score (nSPS) is 10.2. The van der Waals surface area contributed by atoms with Crippen LogP contribution >= 0.6 is 23.4 Å². The molecule has 0 saturated heterocycles. The van der Waals surface area contributed by atoms with Crippen molar-refractivity contribution in [2.24, 2.45) is 0 Å². The van der Waals surface area contributed by atoms with Crippen molar-refractivity contribution in [2.45, 2.75) is 5.03 Å². The number of carbonyl (C=O) groups excluding carboxylic acids is 2. The number of hydrogen-bond acceptors (Lipinski definition) is 7. The molecule has 2 aromatic rings. The number of rotatable bonds is 6. The highest BCUT2D eigenvalue weighted by Crippen LogP contribution is 2.27. The molecule has 0 aliphatic heterocycles. The predicted octanol–water partition coefficient (Wildman–Crippen LogP) is 3.16. The van der Waals surface area contributed by atoms with Crippen molar-refractivity contribution in [3.8, 4) is 0 Å². The fourth-order valence-corrected chi connectivity index (χ4v) is 2.57. The van der Waals surface area contributed by atoms with Gasteiger partial charge in [-0.3, -0.25) is 14.9 Å². The van der Waals surface area contributed by atoms with Crippen molar-refractivity contribution < 1.29 is 19.2 Å². The number of pyridine rings is 1. The van der Waals surface area contributed by atoms with Gasteiger partial charge in [0, 0.05) is 18.0 Å². The van der Waals surface area contributed by atoms with E-state index >= 15 is 0 Å². The van der Waals surface area contributed by atoms with Crippen LogP contribution in [0, 0.1) is 10.1 Å². The zero-order valence-electron chi connectivity index (χ0n) is 12.9. The monoisotopic (exact) mass is 381 g/mol. The van der Waals surface area contributed by atoms with E-state index in [1.165, 1.54) is 23.9 Å². The van der Waals surface area contributed by atoms with Crippen molar-refractivity contribution in [3.63, 3.8) is 0 Å². The molecule has 1 aromatic carbocycles. The van der Waals surface area contributed by atoms with Gasteiger partial charge in [-0.15, -0.1) is 11.8 Å². The summed E-state index contributed by atoms with van der Waals surface area (Å²) in [4.78, 5) is 38.1. The summed E-state index contributed by atoms with van der Waals surface area (Å²) in [6, 6.07) is 6.95. The highest BCUT2D eigenvalue weighted by Gasteiger charge is 2.16. The van der Waals surface area contributed by atoms with Crippen LogP contribution in [0.5, 0.6) is 0 Å². The van der Waals surface area contributed by atoms with Gasteiger partial charge in [0.25, 0.3) is 11.6 Å². The van der Waals surface area contributed by atoms with E-state index in [2.05, 4.69) is 10.3 Å². The molecule has 1 aromatic heterocycles. The second-order valence-corrected chi connectivity index (χ2v) is 5.81. The molecular weight excluding hydrogens is 370 g/mol. The predicted molar refractivity (Wildman–Crippen MR) is 93.0 cm³/mol. The van der Waals surface area contributed by atoms with Crippen LogP contribution in [0.25, 0.3) is 0 Å². The summed E-state index contributed by atoms with van der Waals surface area (Å²) in [5.74, 6) is -1.32. The molecule has 130 valence electrons. The number of anilines is 1. The number of nitrogens with one attached hydrogen (secondary N) is 1. The summed E-state index contributed by atoms with van der Waals surface area (Å²) in [6.45, 7) is -0.544. The van der Waals surface area contributed by atoms with Gasteiger partial charge in [0.15, 0.2) is 6.61 Å². The Morgan fingerprint density at radius 3 is 2.84 bits per heavy atom. The minimum Gasteiger partial charge on any atom is -0.452 e. The summed E-state index contributed by atoms with van der Waals surface area (Å²) >= 11 is 6.97. The molecule has 1 heterocycles. The van der Waals surface area contributed by atoms with Crippen LogP contribution in [0.1, 0.15) is 10.4 Å². The Labute approximate surface area is 151 Å². The number of nitro benzene ring substituents is 1. The third-order valence-corrected chi connectivity index (χ3v) is 3.98. The first-order chi connectivity index (χ1) is 11.9. The number of amides is 1. The molecule has 2 rings (SSSR count). The number of nitro groups is 1. The Kier molecular flexibility index (Phi) is 6.31. The first-order valence-corrected chi connectivity index (χ1v) is 8.42. The largest absolute Gasteiger partial charge is 0.452 e. The van der Waals surface area contributed by atoms with Crippen molar-refractivity contribution in [3.05, 3.63) is 57.2 Å². The maximum absolute atomic E-state index is 12.0. The van der Waals surface area contributed by atoms with Gasteiger partial charge < -0.3 is 10.1 Å². The minimum absolute atomic E-state index is 0.0457. The average Bonchev–Trinajstić information content (AvgIpc) is 2.61. The van der Waals surface area contributed by atoms with E-state index in [0.29, 0.717) is 5.03 Å². The van der Waals surface area contributed by atoms with Crippen molar-refractivity contribution in [1.29, 1.82) is 0 Å². The summed E-state index contributed by atoms with van der Waals surface area (Å²) in [7, 11) is 0. The maximum Gasteiger partial charge on any atom is 0.341 e. The van der Waals surface area contributed by atoms with Crippen LogP contribution in [0.15, 0.2) is 41.6 Å². The topological polar surface area (TPSA) is 111 Å². The standard InChI is InChI=1S/C15H12ClN3O5S/c1-25-14-10(3-2-6-17-14)15(21)24-8-13(20)18-9-4-5-11(16)12(7-9)19(22)23/h2-7H,8H2,1H3,(H,18,20). The van der Waals surface area contributed by atoms with Gasteiger partial charge in [-0.2, -0.15) is 0 Å². The molecule has 25 heavy (non-hydrogen) atoms. The average molecular weight is 382 g/mol. The molecule has 0 aliphatic carbocycles. The van der Waals surface area contributed by atoms with Crippen molar-refractivity contribution in [2.75, 3.05) is 18.2 Å². The number of aromatic nitrogens is 1. The van der Waals surface area contributed by atoms with Gasteiger partial charge in [-0.1, -0.05) is 11.6 Å². The molecule has 1 N–H and O–H groups in total. The molecule has 0 unspecified atom stereocenters. The second-order valence-electron chi connectivity index (χ2n) is 4.61. The molecule has 0 spiro atoms. The number of benzene rings is 1. The fraction of sp³-hybridized carbons (Fsp3) is 0.133. The lowest BCUT2D eigenvalue weighted by molar-refractivity contribution is -0.384. The van der Waals surface area contributed by atoms with Gasteiger partial charge in [0.1, 0.15) is 10.0 Å². The molecule has 0 fully saturated rings. The number of nitrogens with zero attached hydrogens (tertiary/aromatic N) is 2. The third-order valence-electron chi connectivity index (χ3n) is 2.95. The van der Waals surface area contributed by atoms with E-state index in [9.17, 15) is 19.7 Å². The summed E-state index contributed by atoms with van der Waals surface area (Å²) in [6.07, 6.45) is 3.31. The quantitative estimate of drug-likeness (QED) is 0.354. The number of thioether (sulfide) groups is 1. The first-order valence-electron chi connectivity index (χ1n) is 6.82. The molecule has 0 atom stereocenters. The lowest BCUT2D eigenvalue weighted by atomic mass is 10.3. The Balaban J connectivity index is 1.98. The number of ether oxygens (including phenoxy) is 1. The van der Waals surface area contributed by atoms with E-state index < -0.39 is 23.4 Å². The van der Waals surface area contributed by atoms with Crippen molar-refractivity contribution >= 4 is 46.6 Å². The molecule has 0 saturated carbocycles. The smallest absolute Gasteiger partial charge is 0.341 e. The number of esters is 1. The number of carbonyl (C=O) groups is 2. The van der Waals surface area contributed by atoms with Gasteiger partial charge in [0.2, 0.25) is 0 Å². The van der Waals surface area contributed by atoms with Crippen LogP contribution in [-0.4, -0.2) is 34.6 Å². The van der Waals surface area contributed by atoms with Gasteiger partial charge >= 0.3 is 5.97 Å². The number of hydrogen-bond donors (Lipinski definition) is 1. The van der Waals surface area contributed by atoms with Crippen LogP contribution < -0.4 is 5.32 Å². The Morgan fingerprint density at radius 1 is 1.40 bits per heavy atom. The highest BCUT2D eigenvalue weighted by atomic mass is 35.5. The van der Waals surface area contributed by atoms with Gasteiger partial charge in [-0.05, 0) is 30.5 Å². The Bertz CT molecular complexity index is 831. The van der Waals surface area contributed by atoms with E-state index in [-0.39, 0.29) is 22.0 Å².